The number of rotatable bonds is 13. The Morgan fingerprint density at radius 2 is 1.87 bits per heavy atom. The third kappa shape index (κ3) is 7.55. The number of allylic oxidation sites excluding steroid dienone is 1. The molecule has 0 amide bonds. The van der Waals surface area contributed by atoms with Crippen molar-refractivity contribution in [3.05, 3.63) is 59.0 Å². The van der Waals surface area contributed by atoms with Crippen LogP contribution in [0.5, 0.6) is 0 Å². The van der Waals surface area contributed by atoms with Crippen molar-refractivity contribution in [3.63, 3.8) is 0 Å². The number of benzene rings is 1. The minimum atomic E-state index is -2.74. The molecule has 1 saturated carbocycles. The van der Waals surface area contributed by atoms with Gasteiger partial charge in [-0.2, -0.15) is 0 Å². The number of carbonyl (C=O) groups is 3. The van der Waals surface area contributed by atoms with E-state index in [1.807, 2.05) is 6.07 Å². The summed E-state index contributed by atoms with van der Waals surface area (Å²) in [5, 5.41) is 10.5. The van der Waals surface area contributed by atoms with Gasteiger partial charge in [0.25, 0.3) is 11.3 Å². The van der Waals surface area contributed by atoms with E-state index in [0.717, 1.165) is 22.7 Å². The van der Waals surface area contributed by atoms with Crippen LogP contribution in [-0.2, 0) is 46.5 Å². The number of esters is 1. The van der Waals surface area contributed by atoms with Gasteiger partial charge in [0, 0.05) is 5.92 Å². The Labute approximate surface area is 231 Å². The fraction of sp³-hybridized carbons (Fsp3) is 0.536. The molecule has 0 spiro atoms. The molecular formula is C28H37NO9S. The Bertz CT molecular complexity index is 1150. The molecule has 214 valence electrons. The third-order valence-electron chi connectivity index (χ3n) is 6.56. The lowest BCUT2D eigenvalue weighted by Gasteiger charge is -2.41. The van der Waals surface area contributed by atoms with Crippen LogP contribution in [0, 0.1) is 17.8 Å². The van der Waals surface area contributed by atoms with Crippen LogP contribution in [0.4, 0.5) is 0 Å². The number of aldehydes is 1. The van der Waals surface area contributed by atoms with E-state index < -0.39 is 52.8 Å². The van der Waals surface area contributed by atoms with Crippen molar-refractivity contribution in [2.24, 2.45) is 17.8 Å². The second kappa shape index (κ2) is 12.4. The van der Waals surface area contributed by atoms with Crippen LogP contribution >= 0.6 is 0 Å². The first kappa shape index (κ1) is 30.5. The average Bonchev–Trinajstić information content (AvgIpc) is 3.69. The van der Waals surface area contributed by atoms with E-state index in [4.69, 9.17) is 14.2 Å². The van der Waals surface area contributed by atoms with Gasteiger partial charge in [0.1, 0.15) is 24.2 Å². The monoisotopic (exact) mass is 563 g/mol. The molecule has 2 aliphatic rings. The lowest BCUT2D eigenvalue weighted by atomic mass is 9.76. The molecule has 1 aromatic carbocycles. The van der Waals surface area contributed by atoms with Crippen molar-refractivity contribution >= 4 is 29.5 Å². The van der Waals surface area contributed by atoms with Gasteiger partial charge in [-0.1, -0.05) is 44.2 Å². The zero-order valence-corrected chi connectivity index (χ0v) is 23.7. The summed E-state index contributed by atoms with van der Waals surface area (Å²) in [6.45, 7) is 7.70. The summed E-state index contributed by atoms with van der Waals surface area (Å²) < 4.78 is 41.5. The van der Waals surface area contributed by atoms with Gasteiger partial charge in [-0.25, -0.2) is 9.00 Å². The second-order valence-electron chi connectivity index (χ2n) is 10.9. The number of carbonyl (C=O) groups excluding carboxylic acids is 2. The molecule has 4 unspecified atom stereocenters. The molecule has 0 aliphatic heterocycles. The summed E-state index contributed by atoms with van der Waals surface area (Å²) in [4.78, 5) is 37.6. The van der Waals surface area contributed by atoms with E-state index in [9.17, 15) is 28.3 Å². The van der Waals surface area contributed by atoms with Crippen molar-refractivity contribution in [1.29, 1.82) is 0 Å². The SMILES string of the molecule is CC(C=O)C1=CC(OCc2ccccc2)(C(=O)O)C(C)C(OCC2CC2)=C1N(CC(=O)OC(C)(C)C)S(=O)O. The molecule has 0 aromatic heterocycles. The van der Waals surface area contributed by atoms with Crippen LogP contribution in [0.25, 0.3) is 0 Å². The summed E-state index contributed by atoms with van der Waals surface area (Å²) in [6.07, 6.45) is 3.77. The Morgan fingerprint density at radius 3 is 2.38 bits per heavy atom. The second-order valence-corrected chi connectivity index (χ2v) is 11.8. The van der Waals surface area contributed by atoms with Gasteiger partial charge in [0.2, 0.25) is 0 Å². The Hall–Kier alpha value is -3.02. The van der Waals surface area contributed by atoms with E-state index in [-0.39, 0.29) is 36.2 Å². The number of aliphatic carboxylic acids is 1. The standard InChI is InChI=1S/C28H37NO9S/c1-18(15-30)22-13-28(26(32)33,37-17-20-9-7-6-8-10-20)19(2)25(36-16-21-11-12-21)24(22)29(39(34)35)14-23(31)38-27(3,4)5/h6-10,13,15,18-19,21H,11-12,14,16-17H2,1-5H3,(H,32,33)(H,34,35). The van der Waals surface area contributed by atoms with Crippen molar-refractivity contribution in [2.45, 2.75) is 65.3 Å². The van der Waals surface area contributed by atoms with Gasteiger partial charge >= 0.3 is 11.9 Å². The maximum atomic E-state index is 12.9. The molecule has 1 aromatic rings. The zero-order chi connectivity index (χ0) is 29.0. The summed E-state index contributed by atoms with van der Waals surface area (Å²) in [6, 6.07) is 9.03. The third-order valence-corrected chi connectivity index (χ3v) is 7.25. The predicted octanol–water partition coefficient (Wildman–Crippen LogP) is 3.86. The normalized spacial score (nSPS) is 22.9. The molecule has 2 aliphatic carbocycles. The van der Waals surface area contributed by atoms with Crippen molar-refractivity contribution in [1.82, 2.24) is 4.31 Å². The molecule has 11 heteroatoms. The first-order valence-electron chi connectivity index (χ1n) is 12.9. The highest BCUT2D eigenvalue weighted by molar-refractivity contribution is 7.76. The maximum Gasteiger partial charge on any atom is 0.340 e. The fourth-order valence-corrected chi connectivity index (χ4v) is 4.86. The van der Waals surface area contributed by atoms with Crippen LogP contribution in [0.2, 0.25) is 0 Å². The maximum absolute atomic E-state index is 12.9. The molecule has 0 heterocycles. The van der Waals surface area contributed by atoms with E-state index in [2.05, 4.69) is 0 Å². The van der Waals surface area contributed by atoms with Gasteiger partial charge in [-0.05, 0) is 56.7 Å². The lowest BCUT2D eigenvalue weighted by molar-refractivity contribution is -0.168. The van der Waals surface area contributed by atoms with Gasteiger partial charge < -0.3 is 24.1 Å². The van der Waals surface area contributed by atoms with Crippen LogP contribution in [0.15, 0.2) is 53.4 Å². The lowest BCUT2D eigenvalue weighted by Crippen LogP contribution is -2.51. The smallest absolute Gasteiger partial charge is 0.340 e. The van der Waals surface area contributed by atoms with Crippen LogP contribution in [-0.4, -0.2) is 60.8 Å². The highest BCUT2D eigenvalue weighted by Gasteiger charge is 2.52. The number of carboxylic acid groups (broad SMARTS) is 1. The summed E-state index contributed by atoms with van der Waals surface area (Å²) >= 11 is -2.74. The Balaban J connectivity index is 2.15. The van der Waals surface area contributed by atoms with Crippen LogP contribution < -0.4 is 0 Å². The summed E-state index contributed by atoms with van der Waals surface area (Å²) in [5.74, 6) is -3.67. The molecular weight excluding hydrogens is 526 g/mol. The molecule has 0 bridgehead atoms. The van der Waals surface area contributed by atoms with Gasteiger partial charge in [0.15, 0.2) is 5.60 Å². The highest BCUT2D eigenvalue weighted by atomic mass is 32.2. The number of hydrogen-bond acceptors (Lipinski definition) is 7. The minimum absolute atomic E-state index is 0.00892. The molecule has 1 fully saturated rings. The molecule has 2 N–H and O–H groups in total. The fourth-order valence-electron chi connectivity index (χ4n) is 4.30. The average molecular weight is 564 g/mol. The van der Waals surface area contributed by atoms with E-state index in [0.29, 0.717) is 6.29 Å². The first-order valence-corrected chi connectivity index (χ1v) is 13.9. The van der Waals surface area contributed by atoms with Crippen molar-refractivity contribution < 1.29 is 42.5 Å². The summed E-state index contributed by atoms with van der Waals surface area (Å²) in [7, 11) is 0. The summed E-state index contributed by atoms with van der Waals surface area (Å²) in [5.41, 5.74) is -1.95. The van der Waals surface area contributed by atoms with Gasteiger partial charge in [-0.3, -0.25) is 13.7 Å². The first-order chi connectivity index (χ1) is 18.3. The molecule has 0 saturated heterocycles. The number of hydrogen-bond donors (Lipinski definition) is 2. The highest BCUT2D eigenvalue weighted by Crippen LogP contribution is 2.45. The molecule has 10 nitrogen and oxygen atoms in total. The molecule has 0 radical (unpaired) electrons. The number of carboxylic acids is 1. The van der Waals surface area contributed by atoms with Crippen LogP contribution in [0.3, 0.4) is 0 Å². The Kier molecular flexibility index (Phi) is 9.74. The van der Waals surface area contributed by atoms with E-state index >= 15 is 0 Å². The quantitative estimate of drug-likeness (QED) is 0.208. The Morgan fingerprint density at radius 1 is 1.23 bits per heavy atom. The predicted molar refractivity (Wildman–Crippen MR) is 143 cm³/mol. The van der Waals surface area contributed by atoms with Gasteiger partial charge in [0.05, 0.1) is 24.8 Å². The topological polar surface area (TPSA) is 140 Å². The van der Waals surface area contributed by atoms with E-state index in [1.54, 1.807) is 52.0 Å². The minimum Gasteiger partial charge on any atom is -0.495 e. The largest absolute Gasteiger partial charge is 0.495 e. The number of ether oxygens (including phenoxy) is 3. The van der Waals surface area contributed by atoms with Crippen molar-refractivity contribution in [3.8, 4) is 0 Å². The number of nitrogens with zero attached hydrogens (tertiary/aromatic N) is 1. The molecule has 39 heavy (non-hydrogen) atoms. The molecule has 3 rings (SSSR count). The molecule has 4 atom stereocenters. The van der Waals surface area contributed by atoms with Gasteiger partial charge in [-0.15, -0.1) is 0 Å². The zero-order valence-electron chi connectivity index (χ0n) is 22.9. The van der Waals surface area contributed by atoms with Crippen LogP contribution in [0.1, 0.15) is 53.0 Å². The van der Waals surface area contributed by atoms with E-state index in [1.165, 1.54) is 13.0 Å². The van der Waals surface area contributed by atoms with Crippen molar-refractivity contribution in [2.75, 3.05) is 13.2 Å².